The van der Waals surface area contributed by atoms with E-state index in [1.54, 1.807) is 7.11 Å². The second-order valence-corrected chi connectivity index (χ2v) is 7.14. The van der Waals surface area contributed by atoms with Crippen LogP contribution in [0.25, 0.3) is 10.2 Å². The van der Waals surface area contributed by atoms with E-state index >= 15 is 0 Å². The zero-order chi connectivity index (χ0) is 17.1. The van der Waals surface area contributed by atoms with Crippen molar-refractivity contribution in [1.82, 2.24) is 4.98 Å². The van der Waals surface area contributed by atoms with E-state index in [1.807, 2.05) is 54.4 Å². The molecule has 7 heteroatoms. The lowest BCUT2D eigenvalue weighted by molar-refractivity contribution is -0.114. The monoisotopic (exact) mass is 405 g/mol. The third-order valence-corrected chi connectivity index (χ3v) is 5.03. The highest BCUT2D eigenvalue weighted by Gasteiger charge is 2.14. The summed E-state index contributed by atoms with van der Waals surface area (Å²) in [5.74, 6) is 0.642. The van der Waals surface area contributed by atoms with Gasteiger partial charge in [-0.1, -0.05) is 39.4 Å². The smallest absolute Gasteiger partial charge is 0.243 e. The molecule has 0 aliphatic carbocycles. The van der Waals surface area contributed by atoms with Crippen LogP contribution in [0.5, 0.6) is 5.75 Å². The lowest BCUT2D eigenvalue weighted by atomic mass is 10.3. The molecule has 124 valence electrons. The normalized spacial score (nSPS) is 10.6. The Morgan fingerprint density at radius 3 is 2.88 bits per heavy atom. The van der Waals surface area contributed by atoms with Crippen LogP contribution in [0.1, 0.15) is 0 Å². The fourth-order valence-corrected chi connectivity index (χ4v) is 3.63. The summed E-state index contributed by atoms with van der Waals surface area (Å²) >= 11 is 4.92. The Hall–Kier alpha value is -2.12. The van der Waals surface area contributed by atoms with Gasteiger partial charge in [0.05, 0.1) is 18.4 Å². The van der Waals surface area contributed by atoms with Crippen LogP contribution in [0.2, 0.25) is 0 Å². The Bertz CT molecular complexity index is 881. The molecule has 3 rings (SSSR count). The first-order chi connectivity index (χ1) is 11.6. The van der Waals surface area contributed by atoms with Crippen LogP contribution in [0.4, 0.5) is 10.8 Å². The molecule has 5 nitrogen and oxygen atoms in total. The van der Waals surface area contributed by atoms with Gasteiger partial charge in [-0.15, -0.1) is 0 Å². The lowest BCUT2D eigenvalue weighted by Crippen LogP contribution is -2.29. The van der Waals surface area contributed by atoms with Crippen LogP contribution in [0.3, 0.4) is 0 Å². The number of fused-ring (bicyclic) bond motifs is 1. The zero-order valence-corrected chi connectivity index (χ0v) is 15.6. The number of carbonyl (C=O) groups excluding carboxylic acids is 1. The van der Waals surface area contributed by atoms with Gasteiger partial charge in [0.1, 0.15) is 11.3 Å². The van der Waals surface area contributed by atoms with Crippen molar-refractivity contribution in [3.8, 4) is 5.75 Å². The average molecular weight is 406 g/mol. The van der Waals surface area contributed by atoms with Gasteiger partial charge in [-0.3, -0.25) is 4.79 Å². The van der Waals surface area contributed by atoms with E-state index in [2.05, 4.69) is 26.2 Å². The minimum atomic E-state index is -0.0955. The fourth-order valence-electron chi connectivity index (χ4n) is 2.29. The van der Waals surface area contributed by atoms with E-state index in [1.165, 1.54) is 11.3 Å². The minimum Gasteiger partial charge on any atom is -0.494 e. The van der Waals surface area contributed by atoms with E-state index in [9.17, 15) is 4.79 Å². The minimum absolute atomic E-state index is 0.0955. The number of para-hydroxylation sites is 1. The molecule has 3 aromatic rings. The molecule has 0 atom stereocenters. The SMILES string of the molecule is COc1cccc2sc(N(C)CC(=O)Nc3cccc(Br)c3)nc12. The molecule has 0 radical (unpaired) electrons. The van der Waals surface area contributed by atoms with Crippen LogP contribution in [-0.2, 0) is 4.79 Å². The van der Waals surface area contributed by atoms with Gasteiger partial charge < -0.3 is 15.0 Å². The number of rotatable bonds is 5. The Morgan fingerprint density at radius 1 is 1.33 bits per heavy atom. The molecule has 0 bridgehead atoms. The van der Waals surface area contributed by atoms with E-state index in [0.717, 1.165) is 31.3 Å². The number of ether oxygens (including phenoxy) is 1. The van der Waals surface area contributed by atoms with Gasteiger partial charge in [0, 0.05) is 17.2 Å². The molecule has 0 aliphatic rings. The summed E-state index contributed by atoms with van der Waals surface area (Å²) in [6, 6.07) is 13.3. The quantitative estimate of drug-likeness (QED) is 0.692. The zero-order valence-electron chi connectivity index (χ0n) is 13.2. The summed E-state index contributed by atoms with van der Waals surface area (Å²) in [7, 11) is 3.48. The third-order valence-electron chi connectivity index (χ3n) is 3.41. The number of hydrogen-bond donors (Lipinski definition) is 1. The van der Waals surface area contributed by atoms with Crippen LogP contribution >= 0.6 is 27.3 Å². The molecular weight excluding hydrogens is 390 g/mol. The first kappa shape index (κ1) is 16.7. The van der Waals surface area contributed by atoms with Crippen LogP contribution < -0.4 is 15.0 Å². The molecule has 0 saturated heterocycles. The number of aromatic nitrogens is 1. The van der Waals surface area contributed by atoms with Gasteiger partial charge in [0.25, 0.3) is 0 Å². The maximum absolute atomic E-state index is 12.2. The first-order valence-corrected chi connectivity index (χ1v) is 8.88. The van der Waals surface area contributed by atoms with Crippen LogP contribution in [-0.4, -0.2) is 31.6 Å². The Kier molecular flexibility index (Phi) is 5.01. The Balaban J connectivity index is 1.72. The van der Waals surface area contributed by atoms with E-state index < -0.39 is 0 Å². The maximum atomic E-state index is 12.2. The maximum Gasteiger partial charge on any atom is 0.243 e. The number of thiazole rings is 1. The van der Waals surface area contributed by atoms with E-state index in [0.29, 0.717) is 0 Å². The van der Waals surface area contributed by atoms with Gasteiger partial charge in [0.15, 0.2) is 5.13 Å². The molecule has 1 heterocycles. The van der Waals surface area contributed by atoms with Crippen molar-refractivity contribution in [2.75, 3.05) is 30.9 Å². The van der Waals surface area contributed by atoms with Gasteiger partial charge in [-0.05, 0) is 30.3 Å². The standard InChI is InChI=1S/C17H16BrN3O2S/c1-21(10-15(22)19-12-6-3-5-11(18)9-12)17-20-16-13(23-2)7-4-8-14(16)24-17/h3-9H,10H2,1-2H3,(H,19,22). The number of benzene rings is 2. The molecular formula is C17H16BrN3O2S. The number of amides is 1. The van der Waals surface area contributed by atoms with Gasteiger partial charge in [-0.25, -0.2) is 4.98 Å². The highest BCUT2D eigenvalue weighted by atomic mass is 79.9. The van der Waals surface area contributed by atoms with Crippen molar-refractivity contribution in [1.29, 1.82) is 0 Å². The molecule has 0 fully saturated rings. The summed E-state index contributed by atoms with van der Waals surface area (Å²) < 4.78 is 7.29. The number of carbonyl (C=O) groups is 1. The predicted octanol–water partition coefficient (Wildman–Crippen LogP) is 4.14. The molecule has 1 aromatic heterocycles. The molecule has 24 heavy (non-hydrogen) atoms. The highest BCUT2D eigenvalue weighted by Crippen LogP contribution is 2.33. The Labute approximate surface area is 152 Å². The van der Waals surface area contributed by atoms with Gasteiger partial charge >= 0.3 is 0 Å². The van der Waals surface area contributed by atoms with Crippen molar-refractivity contribution < 1.29 is 9.53 Å². The first-order valence-electron chi connectivity index (χ1n) is 7.27. The van der Waals surface area contributed by atoms with E-state index in [-0.39, 0.29) is 12.5 Å². The number of nitrogens with zero attached hydrogens (tertiary/aromatic N) is 2. The van der Waals surface area contributed by atoms with Crippen LogP contribution in [0.15, 0.2) is 46.9 Å². The molecule has 2 aromatic carbocycles. The molecule has 0 aliphatic heterocycles. The number of anilines is 2. The number of methoxy groups -OCH3 is 1. The second-order valence-electron chi connectivity index (χ2n) is 5.22. The largest absolute Gasteiger partial charge is 0.494 e. The highest BCUT2D eigenvalue weighted by molar-refractivity contribution is 9.10. The summed E-state index contributed by atoms with van der Waals surface area (Å²) in [6.45, 7) is 0.217. The number of nitrogens with one attached hydrogen (secondary N) is 1. The average Bonchev–Trinajstić information content (AvgIpc) is 2.99. The van der Waals surface area contributed by atoms with Crippen molar-refractivity contribution in [3.63, 3.8) is 0 Å². The van der Waals surface area contributed by atoms with Crippen molar-refractivity contribution in [3.05, 3.63) is 46.9 Å². The molecule has 0 spiro atoms. The topological polar surface area (TPSA) is 54.5 Å². The Morgan fingerprint density at radius 2 is 2.12 bits per heavy atom. The van der Waals surface area contributed by atoms with Crippen molar-refractivity contribution >= 4 is 54.2 Å². The van der Waals surface area contributed by atoms with Crippen LogP contribution in [0, 0.1) is 0 Å². The van der Waals surface area contributed by atoms with Gasteiger partial charge in [0.2, 0.25) is 5.91 Å². The lowest BCUT2D eigenvalue weighted by Gasteiger charge is -2.15. The number of hydrogen-bond acceptors (Lipinski definition) is 5. The predicted molar refractivity (Wildman–Crippen MR) is 102 cm³/mol. The molecule has 0 saturated carbocycles. The van der Waals surface area contributed by atoms with Crippen molar-refractivity contribution in [2.24, 2.45) is 0 Å². The fraction of sp³-hybridized carbons (Fsp3) is 0.176. The molecule has 1 amide bonds. The third kappa shape index (κ3) is 3.68. The summed E-state index contributed by atoms with van der Waals surface area (Å²) in [6.07, 6.45) is 0. The van der Waals surface area contributed by atoms with E-state index in [4.69, 9.17) is 4.74 Å². The summed E-state index contributed by atoms with van der Waals surface area (Å²) in [4.78, 5) is 18.7. The second kappa shape index (κ2) is 7.19. The molecule has 0 unspecified atom stereocenters. The summed E-state index contributed by atoms with van der Waals surface area (Å²) in [5, 5.41) is 3.66. The van der Waals surface area contributed by atoms with Gasteiger partial charge in [-0.2, -0.15) is 0 Å². The number of likely N-dealkylation sites (N-methyl/N-ethyl adjacent to an activating group) is 1. The van der Waals surface area contributed by atoms with Crippen molar-refractivity contribution in [2.45, 2.75) is 0 Å². The summed E-state index contributed by atoms with van der Waals surface area (Å²) in [5.41, 5.74) is 1.58. The molecule has 1 N–H and O–H groups in total. The number of halogens is 1.